The van der Waals surface area contributed by atoms with Crippen LogP contribution in [0.1, 0.15) is 18.4 Å². The van der Waals surface area contributed by atoms with Gasteiger partial charge in [-0.1, -0.05) is 12.1 Å². The van der Waals surface area contributed by atoms with Gasteiger partial charge in [-0.3, -0.25) is 14.6 Å². The molecule has 124 valence electrons. The van der Waals surface area contributed by atoms with Gasteiger partial charge >= 0.3 is 12.1 Å². The topological polar surface area (TPSA) is 96.1 Å². The summed E-state index contributed by atoms with van der Waals surface area (Å²) in [6.07, 6.45) is 0.820. The predicted molar refractivity (Wildman–Crippen MR) is 84.2 cm³/mol. The van der Waals surface area contributed by atoms with Crippen LogP contribution in [0, 0.1) is 0 Å². The molecule has 1 aromatic rings. The van der Waals surface area contributed by atoms with Crippen LogP contribution in [-0.4, -0.2) is 53.8 Å². The second kappa shape index (κ2) is 6.55. The molecule has 7 heteroatoms. The largest absolute Gasteiger partial charge is 0.480 e. The number of benzene rings is 1. The van der Waals surface area contributed by atoms with Gasteiger partial charge in [0.05, 0.1) is 6.54 Å². The summed E-state index contributed by atoms with van der Waals surface area (Å²) in [5.41, 5.74) is 7.34. The molecule has 23 heavy (non-hydrogen) atoms. The number of amides is 1. The standard InChI is InChI=1S/C16H21N3O4/c17-8-11-3-5-12(6-4-11)19-10-13(23-16(19)22)9-18-7-1-2-14(18)15(20)21/h3-6,13-14H,1-2,7-10,17H2,(H,20,21)/t13?,14-/m0/s1. The van der Waals surface area contributed by atoms with E-state index in [9.17, 15) is 14.7 Å². The van der Waals surface area contributed by atoms with Crippen molar-refractivity contribution in [1.82, 2.24) is 4.90 Å². The molecule has 3 N–H and O–H groups in total. The van der Waals surface area contributed by atoms with Crippen molar-refractivity contribution in [1.29, 1.82) is 0 Å². The number of cyclic esters (lactones) is 1. The van der Waals surface area contributed by atoms with Crippen molar-refractivity contribution >= 4 is 17.7 Å². The zero-order valence-corrected chi connectivity index (χ0v) is 12.9. The number of ether oxygens (including phenoxy) is 1. The fourth-order valence-corrected chi connectivity index (χ4v) is 3.23. The number of carboxylic acids is 1. The van der Waals surface area contributed by atoms with Gasteiger partial charge in [-0.25, -0.2) is 4.79 Å². The van der Waals surface area contributed by atoms with E-state index in [1.165, 1.54) is 0 Å². The second-order valence-electron chi connectivity index (χ2n) is 5.98. The van der Waals surface area contributed by atoms with Gasteiger partial charge < -0.3 is 15.6 Å². The van der Waals surface area contributed by atoms with Crippen LogP contribution in [0.25, 0.3) is 0 Å². The first kappa shape index (κ1) is 15.8. The van der Waals surface area contributed by atoms with E-state index in [1.54, 1.807) is 4.90 Å². The highest BCUT2D eigenvalue weighted by Crippen LogP contribution is 2.24. The van der Waals surface area contributed by atoms with Crippen LogP contribution in [0.15, 0.2) is 24.3 Å². The van der Waals surface area contributed by atoms with Crippen molar-refractivity contribution in [2.24, 2.45) is 5.73 Å². The fourth-order valence-electron chi connectivity index (χ4n) is 3.23. The lowest BCUT2D eigenvalue weighted by Gasteiger charge is -2.23. The van der Waals surface area contributed by atoms with Crippen molar-refractivity contribution in [3.05, 3.63) is 29.8 Å². The third kappa shape index (κ3) is 3.30. The molecular formula is C16H21N3O4. The Morgan fingerprint density at radius 2 is 2.09 bits per heavy atom. The Bertz CT molecular complexity index is 589. The first-order chi connectivity index (χ1) is 11.1. The maximum Gasteiger partial charge on any atom is 0.414 e. The summed E-state index contributed by atoms with van der Waals surface area (Å²) in [7, 11) is 0. The minimum atomic E-state index is -0.805. The quantitative estimate of drug-likeness (QED) is 0.841. The van der Waals surface area contributed by atoms with E-state index in [2.05, 4.69) is 0 Å². The molecule has 2 fully saturated rings. The molecule has 0 spiro atoms. The summed E-state index contributed by atoms with van der Waals surface area (Å²) in [6.45, 7) is 2.08. The third-order valence-electron chi connectivity index (χ3n) is 4.44. The SMILES string of the molecule is NCc1ccc(N2CC(CN3CCC[C@H]3C(=O)O)OC2=O)cc1. The van der Waals surface area contributed by atoms with E-state index in [4.69, 9.17) is 10.5 Å². The number of hydrogen-bond donors (Lipinski definition) is 2. The maximum atomic E-state index is 12.1. The lowest BCUT2D eigenvalue weighted by Crippen LogP contribution is -2.41. The molecule has 1 aromatic carbocycles. The molecule has 2 heterocycles. The monoisotopic (exact) mass is 319 g/mol. The molecule has 7 nitrogen and oxygen atoms in total. The van der Waals surface area contributed by atoms with Gasteiger partial charge in [0.2, 0.25) is 0 Å². The van der Waals surface area contributed by atoms with E-state index in [0.717, 1.165) is 24.2 Å². The molecular weight excluding hydrogens is 298 g/mol. The Morgan fingerprint density at radius 1 is 1.35 bits per heavy atom. The predicted octanol–water partition coefficient (Wildman–Crippen LogP) is 1.02. The van der Waals surface area contributed by atoms with Crippen LogP contribution in [0.2, 0.25) is 0 Å². The maximum absolute atomic E-state index is 12.1. The highest BCUT2D eigenvalue weighted by molar-refractivity contribution is 5.89. The number of carbonyl (C=O) groups is 2. The molecule has 0 saturated carbocycles. The molecule has 2 saturated heterocycles. The smallest absolute Gasteiger partial charge is 0.414 e. The molecule has 1 unspecified atom stereocenters. The van der Waals surface area contributed by atoms with Crippen LogP contribution in [0.3, 0.4) is 0 Å². The van der Waals surface area contributed by atoms with E-state index >= 15 is 0 Å². The Kier molecular flexibility index (Phi) is 4.49. The summed E-state index contributed by atoms with van der Waals surface area (Å²) in [5, 5.41) is 9.22. The first-order valence-electron chi connectivity index (χ1n) is 7.82. The molecule has 0 radical (unpaired) electrons. The summed E-state index contributed by atoms with van der Waals surface area (Å²) < 4.78 is 5.40. The van der Waals surface area contributed by atoms with Crippen LogP contribution in [0.5, 0.6) is 0 Å². The average Bonchev–Trinajstić information content (AvgIpc) is 3.14. The number of aliphatic carboxylic acids is 1. The van der Waals surface area contributed by atoms with Crippen LogP contribution >= 0.6 is 0 Å². The van der Waals surface area contributed by atoms with E-state index in [-0.39, 0.29) is 12.2 Å². The highest BCUT2D eigenvalue weighted by atomic mass is 16.6. The number of carbonyl (C=O) groups excluding carboxylic acids is 1. The molecule has 1 amide bonds. The summed E-state index contributed by atoms with van der Waals surface area (Å²) in [6, 6.07) is 7.00. The number of likely N-dealkylation sites (tertiary alicyclic amines) is 1. The van der Waals surface area contributed by atoms with Gasteiger partial charge in [0.15, 0.2) is 0 Å². The molecule has 0 aromatic heterocycles. The number of rotatable bonds is 5. The Labute approximate surface area is 134 Å². The van der Waals surface area contributed by atoms with Crippen molar-refractivity contribution in [2.45, 2.75) is 31.5 Å². The number of nitrogens with two attached hydrogens (primary N) is 1. The zero-order chi connectivity index (χ0) is 16.4. The Hall–Kier alpha value is -2.12. The van der Waals surface area contributed by atoms with Gasteiger partial charge in [-0.05, 0) is 37.1 Å². The van der Waals surface area contributed by atoms with Crippen molar-refractivity contribution in [3.63, 3.8) is 0 Å². The molecule has 0 bridgehead atoms. The first-order valence-corrected chi connectivity index (χ1v) is 7.82. The molecule has 2 aliphatic rings. The summed E-state index contributed by atoms with van der Waals surface area (Å²) in [5.74, 6) is -0.805. The van der Waals surface area contributed by atoms with Gasteiger partial charge in [0, 0.05) is 18.8 Å². The second-order valence-corrected chi connectivity index (χ2v) is 5.98. The van der Waals surface area contributed by atoms with Gasteiger partial charge in [0.1, 0.15) is 12.1 Å². The van der Waals surface area contributed by atoms with Gasteiger partial charge in [-0.15, -0.1) is 0 Å². The normalized spacial score (nSPS) is 24.9. The number of hydrogen-bond acceptors (Lipinski definition) is 5. The average molecular weight is 319 g/mol. The minimum absolute atomic E-state index is 0.309. The van der Waals surface area contributed by atoms with Gasteiger partial charge in [0.25, 0.3) is 0 Å². The van der Waals surface area contributed by atoms with Crippen LogP contribution < -0.4 is 10.6 Å². The molecule has 0 aliphatic carbocycles. The van der Waals surface area contributed by atoms with Crippen molar-refractivity contribution < 1.29 is 19.4 Å². The van der Waals surface area contributed by atoms with E-state index in [0.29, 0.717) is 26.1 Å². The number of anilines is 1. The number of nitrogens with zero attached hydrogens (tertiary/aromatic N) is 2. The Balaban J connectivity index is 1.64. The third-order valence-corrected chi connectivity index (χ3v) is 4.44. The van der Waals surface area contributed by atoms with Crippen molar-refractivity contribution in [3.8, 4) is 0 Å². The zero-order valence-electron chi connectivity index (χ0n) is 12.9. The summed E-state index contributed by atoms with van der Waals surface area (Å²) >= 11 is 0. The lowest BCUT2D eigenvalue weighted by molar-refractivity contribution is -0.142. The molecule has 2 atom stereocenters. The Morgan fingerprint density at radius 3 is 2.74 bits per heavy atom. The van der Waals surface area contributed by atoms with Crippen LogP contribution in [-0.2, 0) is 16.1 Å². The highest BCUT2D eigenvalue weighted by Gasteiger charge is 2.37. The van der Waals surface area contributed by atoms with Crippen molar-refractivity contribution in [2.75, 3.05) is 24.5 Å². The molecule has 2 aliphatic heterocycles. The van der Waals surface area contributed by atoms with E-state index in [1.807, 2.05) is 29.2 Å². The van der Waals surface area contributed by atoms with Gasteiger partial charge in [-0.2, -0.15) is 0 Å². The summed E-state index contributed by atoms with van der Waals surface area (Å²) in [4.78, 5) is 26.8. The van der Waals surface area contributed by atoms with Crippen LogP contribution in [0.4, 0.5) is 10.5 Å². The fraction of sp³-hybridized carbons (Fsp3) is 0.500. The lowest BCUT2D eigenvalue weighted by atomic mass is 10.2. The molecule has 3 rings (SSSR count). The minimum Gasteiger partial charge on any atom is -0.480 e. The van der Waals surface area contributed by atoms with E-state index < -0.39 is 12.0 Å². The number of carboxylic acid groups (broad SMARTS) is 1.